The maximum Gasteiger partial charge on any atom is 0.334 e. The molecule has 5 heteroatoms. The molecular formula is C23H25NO4. The molecule has 1 saturated heterocycles. The molecule has 1 aliphatic heterocycles. The minimum absolute atomic E-state index is 0.0465. The van der Waals surface area contributed by atoms with Crippen LogP contribution in [0.2, 0.25) is 0 Å². The number of ether oxygens (including phenoxy) is 2. The SMILES string of the molecule is C=C1C(=O)O[C@@H]2[C@H]3C(C)=CC[C@@H](OC(=O)/C=C/c4ccncc4)[C@]3(C)CC[C@@H]12. The molecular weight excluding hydrogens is 354 g/mol. The second-order valence-electron chi connectivity index (χ2n) is 8.25. The molecule has 2 heterocycles. The zero-order chi connectivity index (χ0) is 19.9. The van der Waals surface area contributed by atoms with E-state index in [0.29, 0.717) is 12.0 Å². The Morgan fingerprint density at radius 2 is 2.14 bits per heavy atom. The van der Waals surface area contributed by atoms with E-state index in [9.17, 15) is 9.59 Å². The maximum atomic E-state index is 12.5. The van der Waals surface area contributed by atoms with Crippen LogP contribution in [-0.4, -0.2) is 29.1 Å². The van der Waals surface area contributed by atoms with Crippen LogP contribution < -0.4 is 0 Å². The molecule has 3 aliphatic rings. The van der Waals surface area contributed by atoms with E-state index in [4.69, 9.17) is 9.47 Å². The number of pyridine rings is 1. The van der Waals surface area contributed by atoms with Crippen molar-refractivity contribution in [2.45, 2.75) is 45.3 Å². The summed E-state index contributed by atoms with van der Waals surface area (Å²) in [4.78, 5) is 28.5. The third-order valence-corrected chi connectivity index (χ3v) is 6.64. The second-order valence-corrected chi connectivity index (χ2v) is 8.25. The van der Waals surface area contributed by atoms with Gasteiger partial charge in [-0.1, -0.05) is 25.2 Å². The van der Waals surface area contributed by atoms with E-state index in [-0.39, 0.29) is 41.4 Å². The Hall–Kier alpha value is -2.69. The highest BCUT2D eigenvalue weighted by atomic mass is 16.6. The van der Waals surface area contributed by atoms with Crippen molar-refractivity contribution in [1.29, 1.82) is 0 Å². The standard InChI is InChI=1S/C23H25NO4/c1-14-4-6-18(27-19(25)7-5-16-9-12-24-13-10-16)23(3)11-8-17-15(2)22(26)28-21(17)20(14)23/h4-5,7,9-10,12-13,17-18,20-21H,2,6,8,11H2,1,3H3/b7-5+/t17-,18+,20+,21-,23-/m0/s1. The van der Waals surface area contributed by atoms with Crippen molar-refractivity contribution in [3.05, 3.63) is 60.0 Å². The normalized spacial score (nSPS) is 34.4. The Bertz CT molecular complexity index is 872. The fourth-order valence-corrected chi connectivity index (χ4v) is 5.10. The van der Waals surface area contributed by atoms with Crippen molar-refractivity contribution in [2.24, 2.45) is 17.3 Å². The minimum Gasteiger partial charge on any atom is -0.458 e. The van der Waals surface area contributed by atoms with E-state index in [1.807, 2.05) is 12.1 Å². The smallest absolute Gasteiger partial charge is 0.334 e. The number of carbonyl (C=O) groups excluding carboxylic acids is 2. The third kappa shape index (κ3) is 3.09. The third-order valence-electron chi connectivity index (χ3n) is 6.64. The van der Waals surface area contributed by atoms with Crippen LogP contribution in [0, 0.1) is 17.3 Å². The predicted molar refractivity (Wildman–Crippen MR) is 105 cm³/mol. The molecule has 0 unspecified atom stereocenters. The molecule has 4 rings (SSSR count). The fourth-order valence-electron chi connectivity index (χ4n) is 5.10. The van der Waals surface area contributed by atoms with Crippen molar-refractivity contribution in [3.8, 4) is 0 Å². The van der Waals surface area contributed by atoms with Gasteiger partial charge in [-0.3, -0.25) is 4.98 Å². The molecule has 0 spiro atoms. The second kappa shape index (κ2) is 7.04. The Morgan fingerprint density at radius 1 is 1.39 bits per heavy atom. The first kappa shape index (κ1) is 18.7. The summed E-state index contributed by atoms with van der Waals surface area (Å²) in [5, 5.41) is 0. The summed E-state index contributed by atoms with van der Waals surface area (Å²) >= 11 is 0. The van der Waals surface area contributed by atoms with Crippen LogP contribution in [0.3, 0.4) is 0 Å². The number of aromatic nitrogens is 1. The lowest BCUT2D eigenvalue weighted by atomic mass is 9.55. The highest BCUT2D eigenvalue weighted by Gasteiger charge is 2.58. The van der Waals surface area contributed by atoms with Crippen LogP contribution in [-0.2, 0) is 19.1 Å². The molecule has 5 nitrogen and oxygen atoms in total. The van der Waals surface area contributed by atoms with Crippen molar-refractivity contribution < 1.29 is 19.1 Å². The summed E-state index contributed by atoms with van der Waals surface area (Å²) < 4.78 is 11.6. The first-order valence-corrected chi connectivity index (χ1v) is 9.75. The highest BCUT2D eigenvalue weighted by Crippen LogP contribution is 2.56. The van der Waals surface area contributed by atoms with Crippen LogP contribution in [0.1, 0.15) is 38.7 Å². The molecule has 28 heavy (non-hydrogen) atoms. The van der Waals surface area contributed by atoms with Crippen LogP contribution in [0.4, 0.5) is 0 Å². The average molecular weight is 379 g/mol. The van der Waals surface area contributed by atoms with Crippen molar-refractivity contribution in [1.82, 2.24) is 4.98 Å². The molecule has 146 valence electrons. The number of rotatable bonds is 3. The van der Waals surface area contributed by atoms with Crippen molar-refractivity contribution in [2.75, 3.05) is 0 Å². The number of nitrogens with zero attached hydrogens (tertiary/aromatic N) is 1. The molecule has 2 fully saturated rings. The van der Waals surface area contributed by atoms with Crippen molar-refractivity contribution >= 4 is 18.0 Å². The summed E-state index contributed by atoms with van der Waals surface area (Å²) in [7, 11) is 0. The lowest BCUT2D eigenvalue weighted by Crippen LogP contribution is -2.53. The zero-order valence-electron chi connectivity index (χ0n) is 16.3. The van der Waals surface area contributed by atoms with E-state index in [1.165, 1.54) is 11.6 Å². The zero-order valence-corrected chi connectivity index (χ0v) is 16.3. The molecule has 0 N–H and O–H groups in total. The van der Waals surface area contributed by atoms with Gasteiger partial charge < -0.3 is 9.47 Å². The number of hydrogen-bond donors (Lipinski definition) is 0. The molecule has 0 aromatic carbocycles. The first-order chi connectivity index (χ1) is 13.4. The number of hydrogen-bond acceptors (Lipinski definition) is 5. The maximum absolute atomic E-state index is 12.5. The quantitative estimate of drug-likeness (QED) is 0.453. The number of fused-ring (bicyclic) bond motifs is 3. The van der Waals surface area contributed by atoms with Crippen LogP contribution >= 0.6 is 0 Å². The molecule has 2 aliphatic carbocycles. The summed E-state index contributed by atoms with van der Waals surface area (Å²) in [6, 6.07) is 3.66. The Morgan fingerprint density at radius 3 is 2.89 bits per heavy atom. The van der Waals surface area contributed by atoms with Gasteiger partial charge >= 0.3 is 11.9 Å². The molecule has 1 aromatic heterocycles. The summed E-state index contributed by atoms with van der Waals surface area (Å²) in [6.45, 7) is 8.17. The lowest BCUT2D eigenvalue weighted by molar-refractivity contribution is -0.165. The van der Waals surface area contributed by atoms with Gasteiger partial charge in [-0.25, -0.2) is 9.59 Å². The topological polar surface area (TPSA) is 65.5 Å². The molecule has 0 bridgehead atoms. The lowest BCUT2D eigenvalue weighted by Gasteiger charge is -2.52. The van der Waals surface area contributed by atoms with Crippen LogP contribution in [0.15, 0.2) is 54.4 Å². The highest BCUT2D eigenvalue weighted by molar-refractivity contribution is 5.91. The van der Waals surface area contributed by atoms with Gasteiger partial charge in [-0.05, 0) is 43.5 Å². The van der Waals surface area contributed by atoms with E-state index < -0.39 is 0 Å². The Labute approximate surface area is 165 Å². The summed E-state index contributed by atoms with van der Waals surface area (Å²) in [5.74, 6) is -0.531. The molecule has 0 amide bonds. The number of carbonyl (C=O) groups is 2. The molecule has 1 saturated carbocycles. The van der Waals surface area contributed by atoms with Gasteiger partial charge in [-0.15, -0.1) is 0 Å². The van der Waals surface area contributed by atoms with E-state index in [1.54, 1.807) is 18.5 Å². The predicted octanol–water partition coefficient (Wildman–Crippen LogP) is 3.87. The monoisotopic (exact) mass is 379 g/mol. The van der Waals surface area contributed by atoms with E-state index >= 15 is 0 Å². The van der Waals surface area contributed by atoms with Gasteiger partial charge in [0.15, 0.2) is 0 Å². The first-order valence-electron chi connectivity index (χ1n) is 9.75. The van der Waals surface area contributed by atoms with Gasteiger partial charge in [0, 0.05) is 47.7 Å². The van der Waals surface area contributed by atoms with Gasteiger partial charge in [-0.2, -0.15) is 0 Å². The Balaban J connectivity index is 1.53. The van der Waals surface area contributed by atoms with Gasteiger partial charge in [0.05, 0.1) is 0 Å². The largest absolute Gasteiger partial charge is 0.458 e. The van der Waals surface area contributed by atoms with E-state index in [0.717, 1.165) is 18.4 Å². The van der Waals surface area contributed by atoms with Gasteiger partial charge in [0.2, 0.25) is 0 Å². The molecule has 0 radical (unpaired) electrons. The average Bonchev–Trinajstić information content (AvgIpc) is 2.97. The number of esters is 2. The van der Waals surface area contributed by atoms with E-state index in [2.05, 4.69) is 31.5 Å². The van der Waals surface area contributed by atoms with Crippen LogP contribution in [0.5, 0.6) is 0 Å². The van der Waals surface area contributed by atoms with Gasteiger partial charge in [0.1, 0.15) is 12.2 Å². The summed E-state index contributed by atoms with van der Waals surface area (Å²) in [6.07, 6.45) is 10.6. The van der Waals surface area contributed by atoms with Crippen LogP contribution in [0.25, 0.3) is 6.08 Å². The molecule has 1 aromatic rings. The Kier molecular flexibility index (Phi) is 4.69. The van der Waals surface area contributed by atoms with Crippen molar-refractivity contribution in [3.63, 3.8) is 0 Å². The minimum atomic E-state index is -0.357. The van der Waals surface area contributed by atoms with Gasteiger partial charge in [0.25, 0.3) is 0 Å². The molecule has 5 atom stereocenters. The summed E-state index contributed by atoms with van der Waals surface area (Å²) in [5.41, 5.74) is 2.43. The fraction of sp³-hybridized carbons (Fsp3) is 0.435.